The highest BCUT2D eigenvalue weighted by Gasteiger charge is 2.18. The SMILES string of the molecule is COc1ccc2nc(N(CCN(C)C)C(=O)/C=C/c3ccc(OC)c(OC)c3)sc2c1. The van der Waals surface area contributed by atoms with Gasteiger partial charge in [-0.15, -0.1) is 0 Å². The number of nitrogens with zero attached hydrogens (tertiary/aromatic N) is 3. The largest absolute Gasteiger partial charge is 0.497 e. The van der Waals surface area contributed by atoms with Gasteiger partial charge in [0.2, 0.25) is 0 Å². The number of likely N-dealkylation sites (N-methyl/N-ethyl adjacent to an activating group) is 1. The van der Waals surface area contributed by atoms with Crippen molar-refractivity contribution in [3.8, 4) is 17.2 Å². The molecule has 0 aliphatic heterocycles. The number of thiazole rings is 1. The number of aromatic nitrogens is 1. The molecular formula is C23H27N3O4S. The summed E-state index contributed by atoms with van der Waals surface area (Å²) in [6, 6.07) is 11.2. The van der Waals surface area contributed by atoms with Crippen LogP contribution in [0.3, 0.4) is 0 Å². The van der Waals surface area contributed by atoms with E-state index in [4.69, 9.17) is 14.2 Å². The normalized spacial score (nSPS) is 11.3. The van der Waals surface area contributed by atoms with Crippen LogP contribution in [-0.2, 0) is 4.79 Å². The Balaban J connectivity index is 1.87. The molecule has 0 aliphatic carbocycles. The fourth-order valence-corrected chi connectivity index (χ4v) is 3.97. The highest BCUT2D eigenvalue weighted by molar-refractivity contribution is 7.22. The third-order valence-electron chi connectivity index (χ3n) is 4.68. The molecule has 0 unspecified atom stereocenters. The summed E-state index contributed by atoms with van der Waals surface area (Å²) in [4.78, 5) is 21.5. The van der Waals surface area contributed by atoms with Gasteiger partial charge >= 0.3 is 0 Å². The van der Waals surface area contributed by atoms with Crippen molar-refractivity contribution in [1.29, 1.82) is 0 Å². The molecule has 0 aliphatic rings. The molecule has 0 radical (unpaired) electrons. The number of anilines is 1. The van der Waals surface area contributed by atoms with Crippen molar-refractivity contribution < 1.29 is 19.0 Å². The minimum atomic E-state index is -0.136. The fraction of sp³-hybridized carbons (Fsp3) is 0.304. The second kappa shape index (κ2) is 10.3. The van der Waals surface area contributed by atoms with E-state index in [1.54, 1.807) is 38.4 Å². The zero-order valence-electron chi connectivity index (χ0n) is 18.4. The lowest BCUT2D eigenvalue weighted by Crippen LogP contribution is -2.35. The molecule has 0 saturated heterocycles. The second-order valence-electron chi connectivity index (χ2n) is 7.07. The molecule has 0 fully saturated rings. The lowest BCUT2D eigenvalue weighted by atomic mass is 10.2. The maximum atomic E-state index is 13.1. The molecule has 3 aromatic rings. The van der Waals surface area contributed by atoms with Gasteiger partial charge < -0.3 is 19.1 Å². The standard InChI is InChI=1S/C23H27N3O4S/c1-25(2)12-13-26(23-24-18-9-8-17(28-3)15-21(18)31-23)22(27)11-7-16-6-10-19(29-4)20(14-16)30-5/h6-11,14-15H,12-13H2,1-5H3/b11-7+. The first-order valence-electron chi connectivity index (χ1n) is 9.76. The summed E-state index contributed by atoms with van der Waals surface area (Å²) in [5, 5.41) is 0.659. The predicted molar refractivity (Wildman–Crippen MR) is 126 cm³/mol. The van der Waals surface area contributed by atoms with Gasteiger partial charge in [0.05, 0.1) is 31.5 Å². The third kappa shape index (κ3) is 5.53. The summed E-state index contributed by atoms with van der Waals surface area (Å²) in [7, 11) is 8.76. The van der Waals surface area contributed by atoms with E-state index in [1.165, 1.54) is 11.3 Å². The smallest absolute Gasteiger partial charge is 0.252 e. The third-order valence-corrected chi connectivity index (χ3v) is 5.72. The molecule has 31 heavy (non-hydrogen) atoms. The molecule has 7 nitrogen and oxygen atoms in total. The van der Waals surface area contributed by atoms with Gasteiger partial charge in [0.25, 0.3) is 5.91 Å². The topological polar surface area (TPSA) is 64.1 Å². The van der Waals surface area contributed by atoms with E-state index in [9.17, 15) is 4.79 Å². The average Bonchev–Trinajstić information content (AvgIpc) is 3.19. The first-order chi connectivity index (χ1) is 14.9. The van der Waals surface area contributed by atoms with E-state index in [0.29, 0.717) is 23.2 Å². The molecule has 1 amide bonds. The number of carbonyl (C=O) groups excluding carboxylic acids is 1. The van der Waals surface area contributed by atoms with Crippen LogP contribution < -0.4 is 19.1 Å². The summed E-state index contributed by atoms with van der Waals surface area (Å²) in [6.45, 7) is 1.24. The van der Waals surface area contributed by atoms with E-state index in [1.807, 2.05) is 55.4 Å². The van der Waals surface area contributed by atoms with Crippen LogP contribution in [0.25, 0.3) is 16.3 Å². The summed E-state index contributed by atoms with van der Waals surface area (Å²) in [5.41, 5.74) is 1.68. The Kier molecular flexibility index (Phi) is 7.49. The van der Waals surface area contributed by atoms with Crippen LogP contribution in [0.15, 0.2) is 42.5 Å². The van der Waals surface area contributed by atoms with Gasteiger partial charge in [0.1, 0.15) is 5.75 Å². The summed E-state index contributed by atoms with van der Waals surface area (Å²) in [5.74, 6) is 1.88. The van der Waals surface area contributed by atoms with Crippen molar-refractivity contribution in [2.75, 3.05) is 53.4 Å². The zero-order valence-corrected chi connectivity index (χ0v) is 19.2. The lowest BCUT2D eigenvalue weighted by molar-refractivity contribution is -0.114. The maximum absolute atomic E-state index is 13.1. The molecule has 0 saturated carbocycles. The van der Waals surface area contributed by atoms with Crippen LogP contribution in [0.4, 0.5) is 5.13 Å². The number of rotatable bonds is 9. The van der Waals surface area contributed by atoms with Crippen LogP contribution in [0.1, 0.15) is 5.56 Å². The Morgan fingerprint density at radius 3 is 2.45 bits per heavy atom. The van der Waals surface area contributed by atoms with E-state index >= 15 is 0 Å². The van der Waals surface area contributed by atoms with Crippen LogP contribution in [0.2, 0.25) is 0 Å². The molecule has 164 valence electrons. The highest BCUT2D eigenvalue weighted by atomic mass is 32.1. The molecular weight excluding hydrogens is 414 g/mol. The maximum Gasteiger partial charge on any atom is 0.252 e. The van der Waals surface area contributed by atoms with Crippen molar-refractivity contribution in [2.24, 2.45) is 0 Å². The van der Waals surface area contributed by atoms with Gasteiger partial charge in [-0.1, -0.05) is 17.4 Å². The molecule has 3 rings (SSSR count). The Hall–Kier alpha value is -3.10. The first kappa shape index (κ1) is 22.6. The molecule has 0 spiro atoms. The van der Waals surface area contributed by atoms with Gasteiger partial charge in [-0.3, -0.25) is 9.69 Å². The van der Waals surface area contributed by atoms with Crippen molar-refractivity contribution >= 4 is 38.7 Å². The van der Waals surface area contributed by atoms with E-state index in [-0.39, 0.29) is 5.91 Å². The number of ether oxygens (including phenoxy) is 3. The number of fused-ring (bicyclic) bond motifs is 1. The number of amides is 1. The minimum Gasteiger partial charge on any atom is -0.497 e. The van der Waals surface area contributed by atoms with E-state index in [0.717, 1.165) is 28.1 Å². The molecule has 2 aromatic carbocycles. The Morgan fingerprint density at radius 1 is 1.00 bits per heavy atom. The number of hydrogen-bond donors (Lipinski definition) is 0. The summed E-state index contributed by atoms with van der Waals surface area (Å²) >= 11 is 1.47. The zero-order chi connectivity index (χ0) is 22.4. The quantitative estimate of drug-likeness (QED) is 0.469. The van der Waals surface area contributed by atoms with Crippen molar-refractivity contribution in [3.05, 3.63) is 48.0 Å². The van der Waals surface area contributed by atoms with E-state index in [2.05, 4.69) is 4.98 Å². The summed E-state index contributed by atoms with van der Waals surface area (Å²) < 4.78 is 16.9. The number of carbonyl (C=O) groups is 1. The van der Waals surface area contributed by atoms with Crippen LogP contribution in [-0.4, -0.2) is 64.3 Å². The average molecular weight is 442 g/mol. The van der Waals surface area contributed by atoms with Gasteiger partial charge in [-0.2, -0.15) is 0 Å². The molecule has 1 heterocycles. The molecule has 1 aromatic heterocycles. The van der Waals surface area contributed by atoms with Crippen LogP contribution >= 0.6 is 11.3 Å². The van der Waals surface area contributed by atoms with Gasteiger partial charge in [-0.05, 0) is 56.1 Å². The Bertz CT molecular complexity index is 1080. The van der Waals surface area contributed by atoms with Crippen molar-refractivity contribution in [2.45, 2.75) is 0 Å². The van der Waals surface area contributed by atoms with Crippen molar-refractivity contribution in [1.82, 2.24) is 9.88 Å². The first-order valence-corrected chi connectivity index (χ1v) is 10.6. The monoisotopic (exact) mass is 441 g/mol. The second-order valence-corrected chi connectivity index (χ2v) is 8.08. The number of methoxy groups -OCH3 is 3. The molecule has 8 heteroatoms. The van der Waals surface area contributed by atoms with Crippen LogP contribution in [0.5, 0.6) is 17.2 Å². The minimum absolute atomic E-state index is 0.136. The Labute approximate surface area is 186 Å². The number of benzene rings is 2. The predicted octanol–water partition coefficient (Wildman–Crippen LogP) is 3.93. The van der Waals surface area contributed by atoms with Gasteiger partial charge in [0, 0.05) is 19.2 Å². The van der Waals surface area contributed by atoms with Crippen molar-refractivity contribution in [3.63, 3.8) is 0 Å². The van der Waals surface area contributed by atoms with E-state index < -0.39 is 0 Å². The van der Waals surface area contributed by atoms with Gasteiger partial charge in [0.15, 0.2) is 16.6 Å². The lowest BCUT2D eigenvalue weighted by Gasteiger charge is -2.20. The Morgan fingerprint density at radius 2 is 1.77 bits per heavy atom. The molecule has 0 atom stereocenters. The fourth-order valence-electron chi connectivity index (χ4n) is 2.95. The molecule has 0 N–H and O–H groups in total. The highest BCUT2D eigenvalue weighted by Crippen LogP contribution is 2.32. The van der Waals surface area contributed by atoms with Crippen LogP contribution in [0, 0.1) is 0 Å². The van der Waals surface area contributed by atoms with Gasteiger partial charge in [-0.25, -0.2) is 4.98 Å². The molecule has 0 bridgehead atoms. The summed E-state index contributed by atoms with van der Waals surface area (Å²) in [6.07, 6.45) is 3.33. The number of hydrogen-bond acceptors (Lipinski definition) is 7.